The molecule has 128 valence electrons. The highest BCUT2D eigenvalue weighted by Crippen LogP contribution is 2.29. The van der Waals surface area contributed by atoms with Crippen LogP contribution in [0, 0.1) is 0 Å². The Morgan fingerprint density at radius 2 is 2.00 bits per heavy atom. The fraction of sp³-hybridized carbons (Fsp3) is 0.500. The third-order valence-electron chi connectivity index (χ3n) is 4.59. The number of amides is 1. The van der Waals surface area contributed by atoms with Crippen LogP contribution in [0.5, 0.6) is 0 Å². The summed E-state index contributed by atoms with van der Waals surface area (Å²) < 4.78 is 5.92. The van der Waals surface area contributed by atoms with E-state index in [1.54, 1.807) is 0 Å². The van der Waals surface area contributed by atoms with Gasteiger partial charge in [-0.2, -0.15) is 0 Å². The van der Waals surface area contributed by atoms with Crippen LogP contribution >= 0.6 is 0 Å². The predicted molar refractivity (Wildman–Crippen MR) is 93.8 cm³/mol. The van der Waals surface area contributed by atoms with E-state index >= 15 is 0 Å². The molecule has 4 nitrogen and oxygen atoms in total. The third kappa shape index (κ3) is 3.23. The van der Waals surface area contributed by atoms with Crippen LogP contribution in [0.2, 0.25) is 0 Å². The van der Waals surface area contributed by atoms with Gasteiger partial charge in [-0.3, -0.25) is 4.79 Å². The fourth-order valence-corrected chi connectivity index (χ4v) is 3.17. The van der Waals surface area contributed by atoms with Gasteiger partial charge in [0.2, 0.25) is 5.91 Å². The molecule has 1 aliphatic heterocycles. The zero-order valence-electron chi connectivity index (χ0n) is 15.0. The SMILES string of the molecule is CCC(C(=O)N1CCc2oc(C(C)(C)C)nc2C1)c1ccccc1. The first-order valence-corrected chi connectivity index (χ1v) is 8.73. The largest absolute Gasteiger partial charge is 0.445 e. The van der Waals surface area contributed by atoms with Crippen molar-refractivity contribution >= 4 is 5.91 Å². The average molecular weight is 326 g/mol. The number of hydrogen-bond acceptors (Lipinski definition) is 3. The van der Waals surface area contributed by atoms with E-state index in [1.807, 2.05) is 35.2 Å². The molecule has 2 heterocycles. The Hall–Kier alpha value is -2.10. The van der Waals surface area contributed by atoms with Gasteiger partial charge in [0.05, 0.1) is 12.5 Å². The summed E-state index contributed by atoms with van der Waals surface area (Å²) in [7, 11) is 0. The molecule has 0 saturated carbocycles. The second kappa shape index (κ2) is 6.42. The van der Waals surface area contributed by atoms with E-state index in [2.05, 4.69) is 32.7 Å². The van der Waals surface area contributed by atoms with Crippen LogP contribution in [0.3, 0.4) is 0 Å². The molecule has 0 saturated heterocycles. The molecule has 0 aliphatic carbocycles. The fourth-order valence-electron chi connectivity index (χ4n) is 3.17. The molecule has 4 heteroatoms. The molecule has 1 unspecified atom stereocenters. The Balaban J connectivity index is 1.79. The minimum atomic E-state index is -0.109. The van der Waals surface area contributed by atoms with Crippen molar-refractivity contribution in [1.29, 1.82) is 0 Å². The minimum Gasteiger partial charge on any atom is -0.445 e. The highest BCUT2D eigenvalue weighted by atomic mass is 16.4. The van der Waals surface area contributed by atoms with Gasteiger partial charge in [0.25, 0.3) is 0 Å². The van der Waals surface area contributed by atoms with E-state index < -0.39 is 0 Å². The van der Waals surface area contributed by atoms with Gasteiger partial charge in [-0.15, -0.1) is 0 Å². The maximum Gasteiger partial charge on any atom is 0.230 e. The Morgan fingerprint density at radius 1 is 1.29 bits per heavy atom. The number of aromatic nitrogens is 1. The van der Waals surface area contributed by atoms with E-state index in [1.165, 1.54) is 0 Å². The van der Waals surface area contributed by atoms with Crippen molar-refractivity contribution in [1.82, 2.24) is 9.88 Å². The summed E-state index contributed by atoms with van der Waals surface area (Å²) in [6, 6.07) is 10.0. The number of carbonyl (C=O) groups is 1. The Labute approximate surface area is 143 Å². The predicted octanol–water partition coefficient (Wildman–Crippen LogP) is 4.05. The highest BCUT2D eigenvalue weighted by molar-refractivity contribution is 5.83. The summed E-state index contributed by atoms with van der Waals surface area (Å²) >= 11 is 0. The van der Waals surface area contributed by atoms with Crippen LogP contribution in [0.4, 0.5) is 0 Å². The molecule has 0 spiro atoms. The van der Waals surface area contributed by atoms with Gasteiger partial charge in [0.15, 0.2) is 5.89 Å². The van der Waals surface area contributed by atoms with Gasteiger partial charge in [-0.1, -0.05) is 58.0 Å². The first kappa shape index (κ1) is 16.7. The number of rotatable bonds is 3. The van der Waals surface area contributed by atoms with Crippen LogP contribution in [0.1, 0.15) is 62.9 Å². The zero-order valence-corrected chi connectivity index (χ0v) is 15.0. The summed E-state index contributed by atoms with van der Waals surface area (Å²) in [4.78, 5) is 19.6. The summed E-state index contributed by atoms with van der Waals surface area (Å²) in [5.41, 5.74) is 1.90. The zero-order chi connectivity index (χ0) is 17.3. The van der Waals surface area contributed by atoms with Gasteiger partial charge in [0, 0.05) is 18.4 Å². The number of fused-ring (bicyclic) bond motifs is 1. The summed E-state index contributed by atoms with van der Waals surface area (Å²) in [5, 5.41) is 0. The normalized spacial score (nSPS) is 15.9. The molecule has 0 fully saturated rings. The van der Waals surface area contributed by atoms with Gasteiger partial charge in [-0.25, -0.2) is 4.98 Å². The Kier molecular flexibility index (Phi) is 4.48. The minimum absolute atomic E-state index is 0.0817. The first-order chi connectivity index (χ1) is 11.4. The van der Waals surface area contributed by atoms with Crippen LogP contribution in [0.15, 0.2) is 34.7 Å². The molecule has 0 N–H and O–H groups in total. The molecule has 1 aromatic carbocycles. The molecule has 0 bridgehead atoms. The number of carbonyl (C=O) groups excluding carboxylic acids is 1. The molecular weight excluding hydrogens is 300 g/mol. The second-order valence-electron chi connectivity index (χ2n) is 7.52. The van der Waals surface area contributed by atoms with Gasteiger partial charge in [0.1, 0.15) is 11.5 Å². The van der Waals surface area contributed by atoms with Crippen molar-refractivity contribution in [3.63, 3.8) is 0 Å². The average Bonchev–Trinajstić information content (AvgIpc) is 3.00. The maximum absolute atomic E-state index is 13.0. The molecule has 1 atom stereocenters. The topological polar surface area (TPSA) is 46.3 Å². The summed E-state index contributed by atoms with van der Waals surface area (Å²) in [6.45, 7) is 9.60. The molecule has 1 aromatic heterocycles. The van der Waals surface area contributed by atoms with Gasteiger partial charge >= 0.3 is 0 Å². The monoisotopic (exact) mass is 326 g/mol. The molecular formula is C20H26N2O2. The van der Waals surface area contributed by atoms with Crippen LogP contribution in [0.25, 0.3) is 0 Å². The van der Waals surface area contributed by atoms with E-state index in [4.69, 9.17) is 4.42 Å². The van der Waals surface area contributed by atoms with Crippen molar-refractivity contribution in [3.8, 4) is 0 Å². The summed E-state index contributed by atoms with van der Waals surface area (Å²) in [6.07, 6.45) is 1.55. The highest BCUT2D eigenvalue weighted by Gasteiger charge is 2.31. The van der Waals surface area contributed by atoms with E-state index in [-0.39, 0.29) is 17.2 Å². The Bertz CT molecular complexity index is 713. The lowest BCUT2D eigenvalue weighted by atomic mass is 9.94. The van der Waals surface area contributed by atoms with Crippen LogP contribution in [-0.4, -0.2) is 22.3 Å². The number of nitrogens with zero attached hydrogens (tertiary/aromatic N) is 2. The molecule has 0 radical (unpaired) electrons. The standard InChI is InChI=1S/C20H26N2O2/c1-5-15(14-9-7-6-8-10-14)18(23)22-12-11-17-16(13-22)21-19(24-17)20(2,3)4/h6-10,15H,5,11-13H2,1-4H3. The number of hydrogen-bond donors (Lipinski definition) is 0. The molecule has 2 aromatic rings. The van der Waals surface area contributed by atoms with Crippen LogP contribution in [-0.2, 0) is 23.2 Å². The van der Waals surface area contributed by atoms with Crippen LogP contribution < -0.4 is 0 Å². The molecule has 1 amide bonds. The number of benzene rings is 1. The van der Waals surface area contributed by atoms with Crippen molar-refractivity contribution in [2.24, 2.45) is 0 Å². The quantitative estimate of drug-likeness (QED) is 0.855. The smallest absolute Gasteiger partial charge is 0.230 e. The molecule has 24 heavy (non-hydrogen) atoms. The maximum atomic E-state index is 13.0. The summed E-state index contributed by atoms with van der Waals surface area (Å²) in [5.74, 6) is 1.81. The lowest BCUT2D eigenvalue weighted by Crippen LogP contribution is -2.38. The van der Waals surface area contributed by atoms with Crippen molar-refractivity contribution < 1.29 is 9.21 Å². The van der Waals surface area contributed by atoms with E-state index in [0.717, 1.165) is 35.7 Å². The molecule has 3 rings (SSSR count). The lowest BCUT2D eigenvalue weighted by Gasteiger charge is -2.29. The first-order valence-electron chi connectivity index (χ1n) is 8.73. The van der Waals surface area contributed by atoms with Gasteiger partial charge in [-0.05, 0) is 12.0 Å². The lowest BCUT2D eigenvalue weighted by molar-refractivity contribution is -0.134. The van der Waals surface area contributed by atoms with Crippen molar-refractivity contribution in [2.45, 2.75) is 58.4 Å². The Morgan fingerprint density at radius 3 is 2.62 bits per heavy atom. The van der Waals surface area contributed by atoms with E-state index in [0.29, 0.717) is 13.1 Å². The van der Waals surface area contributed by atoms with E-state index in [9.17, 15) is 4.79 Å². The second-order valence-corrected chi connectivity index (χ2v) is 7.52. The number of oxazole rings is 1. The third-order valence-corrected chi connectivity index (χ3v) is 4.59. The van der Waals surface area contributed by atoms with Crippen molar-refractivity contribution in [3.05, 3.63) is 53.2 Å². The molecule has 1 aliphatic rings. The van der Waals surface area contributed by atoms with Crippen molar-refractivity contribution in [2.75, 3.05) is 6.54 Å². The van der Waals surface area contributed by atoms with Gasteiger partial charge < -0.3 is 9.32 Å².